The van der Waals surface area contributed by atoms with Crippen LogP contribution >= 0.6 is 7.82 Å². The minimum atomic E-state index is -4.69. The van der Waals surface area contributed by atoms with Crippen molar-refractivity contribution < 1.29 is 23.7 Å². The molecule has 0 aliphatic heterocycles. The van der Waals surface area contributed by atoms with Crippen LogP contribution in [0, 0.1) is 0 Å². The second-order valence-corrected chi connectivity index (χ2v) is 5.60. The summed E-state index contributed by atoms with van der Waals surface area (Å²) in [6.45, 7) is -0.769. The number of phosphoric acid groups is 1. The van der Waals surface area contributed by atoms with Crippen molar-refractivity contribution in [1.29, 1.82) is 0 Å². The lowest BCUT2D eigenvalue weighted by Gasteiger charge is -2.08. The van der Waals surface area contributed by atoms with Crippen molar-refractivity contribution in [2.45, 2.75) is 0 Å². The maximum absolute atomic E-state index is 11.6. The van der Waals surface area contributed by atoms with Crippen LogP contribution in [0.15, 0.2) is 64.8 Å². The fourth-order valence-electron chi connectivity index (χ4n) is 1.60. The number of para-hydroxylation sites is 1. The molecule has 0 atom stereocenters. The fourth-order valence-corrected chi connectivity index (χ4v) is 1.89. The Balaban J connectivity index is 2.07. The molecule has 0 bridgehead atoms. The normalized spacial score (nSPS) is 11.6. The molecule has 2 aromatic rings. The van der Waals surface area contributed by atoms with E-state index in [-0.39, 0.29) is 0 Å². The molecule has 9 heteroatoms. The van der Waals surface area contributed by atoms with E-state index in [4.69, 9.17) is 9.79 Å². The first-order valence-electron chi connectivity index (χ1n) is 6.50. The summed E-state index contributed by atoms with van der Waals surface area (Å²) in [7, 11) is -4.69. The number of hydrogen-bond donors (Lipinski definition) is 3. The summed E-state index contributed by atoms with van der Waals surface area (Å²) in [5.74, 6) is -0.712. The molecular formula is C14H14N3O5P. The highest BCUT2D eigenvalue weighted by Crippen LogP contribution is 2.35. The van der Waals surface area contributed by atoms with E-state index in [9.17, 15) is 9.36 Å². The number of azo groups is 1. The Hall–Kier alpha value is -2.38. The number of phosphoric ester groups is 1. The molecule has 0 aliphatic carbocycles. The number of amides is 1. The number of carbonyl (C=O) groups excluding carboxylic acids is 1. The number of rotatable bonds is 6. The summed E-state index contributed by atoms with van der Waals surface area (Å²) in [5.41, 5.74) is 1.41. The first-order valence-corrected chi connectivity index (χ1v) is 8.03. The van der Waals surface area contributed by atoms with Crippen molar-refractivity contribution in [3.63, 3.8) is 0 Å². The van der Waals surface area contributed by atoms with E-state index in [1.807, 2.05) is 18.2 Å². The van der Waals surface area contributed by atoms with Gasteiger partial charge in [0.1, 0.15) is 12.3 Å². The second kappa shape index (κ2) is 7.75. The van der Waals surface area contributed by atoms with Gasteiger partial charge in [-0.3, -0.25) is 9.32 Å². The zero-order chi connectivity index (χ0) is 16.7. The molecule has 0 saturated carbocycles. The van der Waals surface area contributed by atoms with Gasteiger partial charge in [0.25, 0.3) is 5.91 Å². The van der Waals surface area contributed by atoms with Gasteiger partial charge in [-0.1, -0.05) is 30.3 Å². The Morgan fingerprint density at radius 1 is 1.04 bits per heavy atom. The van der Waals surface area contributed by atoms with Crippen LogP contribution < -0.4 is 5.32 Å². The SMILES string of the molecule is O=C(COP(=O)(O)O)Nc1ccccc1N=Nc1ccccc1. The molecule has 8 nitrogen and oxygen atoms in total. The highest BCUT2D eigenvalue weighted by Gasteiger charge is 2.16. The third-order valence-electron chi connectivity index (χ3n) is 2.57. The van der Waals surface area contributed by atoms with E-state index in [2.05, 4.69) is 20.1 Å². The Morgan fingerprint density at radius 2 is 1.70 bits per heavy atom. The molecule has 0 heterocycles. The molecule has 3 N–H and O–H groups in total. The van der Waals surface area contributed by atoms with Crippen LogP contribution in [-0.4, -0.2) is 22.3 Å². The summed E-state index contributed by atoms with van der Waals surface area (Å²) in [5, 5.41) is 10.6. The average molecular weight is 335 g/mol. The van der Waals surface area contributed by atoms with Gasteiger partial charge in [0, 0.05) is 0 Å². The third kappa shape index (κ3) is 6.09. The maximum Gasteiger partial charge on any atom is 0.470 e. The Morgan fingerprint density at radius 3 is 2.39 bits per heavy atom. The Labute approximate surface area is 132 Å². The number of hydrogen-bond acceptors (Lipinski definition) is 5. The van der Waals surface area contributed by atoms with Gasteiger partial charge in [0.2, 0.25) is 0 Å². The van der Waals surface area contributed by atoms with Crippen LogP contribution in [-0.2, 0) is 13.9 Å². The fraction of sp³-hybridized carbons (Fsp3) is 0.0714. The van der Waals surface area contributed by atoms with E-state index in [0.29, 0.717) is 17.1 Å². The number of anilines is 1. The standard InChI is InChI=1S/C14H14N3O5P/c18-14(10-22-23(19,20)21)15-12-8-4-5-9-13(12)17-16-11-6-2-1-3-7-11/h1-9H,10H2,(H,15,18)(H2,19,20,21). The summed E-state index contributed by atoms with van der Waals surface area (Å²) in [4.78, 5) is 28.8. The predicted octanol–water partition coefficient (Wildman–Crippen LogP) is 3.15. The molecule has 0 aromatic heterocycles. The number of carbonyl (C=O) groups is 1. The van der Waals surface area contributed by atoms with Crippen LogP contribution in [0.2, 0.25) is 0 Å². The van der Waals surface area contributed by atoms with Crippen molar-refractivity contribution in [2.75, 3.05) is 11.9 Å². The molecule has 0 fully saturated rings. The van der Waals surface area contributed by atoms with Crippen LogP contribution in [0.25, 0.3) is 0 Å². The van der Waals surface area contributed by atoms with E-state index in [0.717, 1.165) is 0 Å². The maximum atomic E-state index is 11.6. The van der Waals surface area contributed by atoms with Gasteiger partial charge in [-0.15, -0.1) is 5.11 Å². The number of nitrogens with zero attached hydrogens (tertiary/aromatic N) is 2. The smallest absolute Gasteiger partial charge is 0.322 e. The van der Waals surface area contributed by atoms with Gasteiger partial charge in [-0.25, -0.2) is 4.57 Å². The summed E-state index contributed by atoms with van der Waals surface area (Å²) in [6, 6.07) is 15.7. The minimum absolute atomic E-state index is 0.353. The van der Waals surface area contributed by atoms with E-state index in [1.165, 1.54) is 0 Å². The van der Waals surface area contributed by atoms with E-state index < -0.39 is 20.3 Å². The zero-order valence-electron chi connectivity index (χ0n) is 11.9. The molecule has 0 aliphatic rings. The molecule has 2 aromatic carbocycles. The van der Waals surface area contributed by atoms with Gasteiger partial charge in [-0.05, 0) is 24.3 Å². The lowest BCUT2D eigenvalue weighted by atomic mass is 10.2. The molecule has 23 heavy (non-hydrogen) atoms. The van der Waals surface area contributed by atoms with E-state index in [1.54, 1.807) is 36.4 Å². The molecule has 120 valence electrons. The molecule has 0 spiro atoms. The first kappa shape index (κ1) is 17.0. The van der Waals surface area contributed by atoms with Crippen LogP contribution in [0.3, 0.4) is 0 Å². The highest BCUT2D eigenvalue weighted by atomic mass is 31.2. The van der Waals surface area contributed by atoms with Gasteiger partial charge in [-0.2, -0.15) is 5.11 Å². The van der Waals surface area contributed by atoms with E-state index >= 15 is 0 Å². The van der Waals surface area contributed by atoms with Gasteiger partial charge >= 0.3 is 7.82 Å². The van der Waals surface area contributed by atoms with Crippen molar-refractivity contribution in [3.05, 3.63) is 54.6 Å². The molecule has 0 saturated heterocycles. The highest BCUT2D eigenvalue weighted by molar-refractivity contribution is 7.46. The topological polar surface area (TPSA) is 121 Å². The molecule has 0 radical (unpaired) electrons. The van der Waals surface area contributed by atoms with Crippen LogP contribution in [0.4, 0.5) is 17.1 Å². The first-order chi connectivity index (χ1) is 10.9. The molecule has 0 unspecified atom stereocenters. The summed E-state index contributed by atoms with van der Waals surface area (Å²) >= 11 is 0. The zero-order valence-corrected chi connectivity index (χ0v) is 12.8. The molecule has 2 rings (SSSR count). The predicted molar refractivity (Wildman–Crippen MR) is 83.7 cm³/mol. The monoisotopic (exact) mass is 335 g/mol. The molecule has 1 amide bonds. The second-order valence-electron chi connectivity index (χ2n) is 4.36. The van der Waals surface area contributed by atoms with Crippen molar-refractivity contribution in [1.82, 2.24) is 0 Å². The number of nitrogens with one attached hydrogen (secondary N) is 1. The lowest BCUT2D eigenvalue weighted by Crippen LogP contribution is -2.17. The number of benzene rings is 2. The average Bonchev–Trinajstić information content (AvgIpc) is 2.52. The minimum Gasteiger partial charge on any atom is -0.322 e. The quantitative estimate of drug-likeness (QED) is 0.553. The van der Waals surface area contributed by atoms with Gasteiger partial charge < -0.3 is 15.1 Å². The summed E-state index contributed by atoms with van der Waals surface area (Å²) in [6.07, 6.45) is 0. The Bertz CT molecular complexity index is 745. The van der Waals surface area contributed by atoms with Gasteiger partial charge in [0.15, 0.2) is 0 Å². The lowest BCUT2D eigenvalue weighted by molar-refractivity contribution is -0.118. The Kier molecular flexibility index (Phi) is 5.72. The van der Waals surface area contributed by atoms with Crippen molar-refractivity contribution >= 4 is 30.8 Å². The van der Waals surface area contributed by atoms with Crippen LogP contribution in [0.1, 0.15) is 0 Å². The summed E-state index contributed by atoms with van der Waals surface area (Å²) < 4.78 is 14.7. The van der Waals surface area contributed by atoms with Crippen molar-refractivity contribution in [2.24, 2.45) is 10.2 Å². The molecular weight excluding hydrogens is 321 g/mol. The van der Waals surface area contributed by atoms with Crippen molar-refractivity contribution in [3.8, 4) is 0 Å². The third-order valence-corrected chi connectivity index (χ3v) is 3.04. The largest absolute Gasteiger partial charge is 0.470 e. The van der Waals surface area contributed by atoms with Gasteiger partial charge in [0.05, 0.1) is 11.4 Å². The van der Waals surface area contributed by atoms with Crippen LogP contribution in [0.5, 0.6) is 0 Å².